The van der Waals surface area contributed by atoms with Gasteiger partial charge in [0.25, 0.3) is 5.91 Å². The Labute approximate surface area is 105 Å². The SMILES string of the molecule is CC(=O)c1ccc(NC(=O)c2coc(C)c2)cc1. The number of furan rings is 1. The molecule has 92 valence electrons. The fourth-order valence-electron chi connectivity index (χ4n) is 1.55. The zero-order valence-electron chi connectivity index (χ0n) is 10.2. The minimum atomic E-state index is -0.234. The maximum absolute atomic E-state index is 11.8. The number of hydrogen-bond donors (Lipinski definition) is 1. The molecule has 1 aromatic heterocycles. The lowest BCUT2D eigenvalue weighted by Crippen LogP contribution is -2.10. The Kier molecular flexibility index (Phi) is 3.28. The van der Waals surface area contributed by atoms with Gasteiger partial charge in [-0.2, -0.15) is 0 Å². The first-order valence-corrected chi connectivity index (χ1v) is 5.54. The van der Waals surface area contributed by atoms with Gasteiger partial charge in [-0.15, -0.1) is 0 Å². The van der Waals surface area contributed by atoms with Crippen molar-refractivity contribution in [2.24, 2.45) is 0 Å². The fraction of sp³-hybridized carbons (Fsp3) is 0.143. The quantitative estimate of drug-likeness (QED) is 0.843. The first kappa shape index (κ1) is 12.1. The fourth-order valence-corrected chi connectivity index (χ4v) is 1.55. The molecule has 1 aromatic carbocycles. The molecule has 1 N–H and O–H groups in total. The van der Waals surface area contributed by atoms with Crippen LogP contribution in [0.2, 0.25) is 0 Å². The summed E-state index contributed by atoms with van der Waals surface area (Å²) in [5.41, 5.74) is 1.74. The Balaban J connectivity index is 2.10. The highest BCUT2D eigenvalue weighted by Gasteiger charge is 2.09. The minimum Gasteiger partial charge on any atom is -0.469 e. The second kappa shape index (κ2) is 4.87. The van der Waals surface area contributed by atoms with Crippen molar-refractivity contribution in [3.63, 3.8) is 0 Å². The van der Waals surface area contributed by atoms with Gasteiger partial charge < -0.3 is 9.73 Å². The third-order valence-electron chi connectivity index (χ3n) is 2.54. The van der Waals surface area contributed by atoms with Crippen molar-refractivity contribution in [1.29, 1.82) is 0 Å². The maximum atomic E-state index is 11.8. The minimum absolute atomic E-state index is 0.00154. The van der Waals surface area contributed by atoms with E-state index in [0.717, 1.165) is 0 Å². The van der Waals surface area contributed by atoms with Gasteiger partial charge in [-0.1, -0.05) is 0 Å². The molecule has 0 aliphatic carbocycles. The van der Waals surface area contributed by atoms with Crippen LogP contribution in [-0.4, -0.2) is 11.7 Å². The van der Waals surface area contributed by atoms with Gasteiger partial charge in [0.15, 0.2) is 5.78 Å². The molecule has 1 amide bonds. The first-order chi connectivity index (χ1) is 8.56. The van der Waals surface area contributed by atoms with Crippen LogP contribution in [0.4, 0.5) is 5.69 Å². The number of benzene rings is 1. The summed E-state index contributed by atoms with van der Waals surface area (Å²) >= 11 is 0. The van der Waals surface area contributed by atoms with E-state index in [1.807, 2.05) is 0 Å². The zero-order valence-corrected chi connectivity index (χ0v) is 10.2. The molecule has 0 aliphatic rings. The number of rotatable bonds is 3. The largest absolute Gasteiger partial charge is 0.469 e. The molecule has 0 saturated carbocycles. The number of carbonyl (C=O) groups excluding carboxylic acids is 2. The average Bonchev–Trinajstić information content (AvgIpc) is 2.76. The standard InChI is InChI=1S/C14H13NO3/c1-9-7-12(8-18-9)14(17)15-13-5-3-11(4-6-13)10(2)16/h3-8H,1-2H3,(H,15,17). The summed E-state index contributed by atoms with van der Waals surface area (Å²) in [6.45, 7) is 3.28. The van der Waals surface area contributed by atoms with E-state index >= 15 is 0 Å². The molecule has 2 rings (SSSR count). The van der Waals surface area contributed by atoms with Crippen LogP contribution in [0, 0.1) is 6.92 Å². The van der Waals surface area contributed by atoms with Gasteiger partial charge in [-0.25, -0.2) is 0 Å². The molecule has 1 heterocycles. The summed E-state index contributed by atoms with van der Waals surface area (Å²) in [6.07, 6.45) is 1.41. The number of Topliss-reactive ketones (excluding diaryl/α,β-unsaturated/α-hetero) is 1. The molecule has 18 heavy (non-hydrogen) atoms. The average molecular weight is 243 g/mol. The predicted octanol–water partition coefficient (Wildman–Crippen LogP) is 3.04. The van der Waals surface area contributed by atoms with Gasteiger partial charge in [0.1, 0.15) is 12.0 Å². The Morgan fingerprint density at radius 1 is 1.11 bits per heavy atom. The van der Waals surface area contributed by atoms with Gasteiger partial charge in [-0.3, -0.25) is 9.59 Å². The lowest BCUT2D eigenvalue weighted by molar-refractivity contribution is 0.101. The number of nitrogens with one attached hydrogen (secondary N) is 1. The van der Waals surface area contributed by atoms with E-state index in [0.29, 0.717) is 22.6 Å². The zero-order chi connectivity index (χ0) is 13.1. The molecule has 0 radical (unpaired) electrons. The lowest BCUT2D eigenvalue weighted by atomic mass is 10.1. The Hall–Kier alpha value is -2.36. The van der Waals surface area contributed by atoms with Crippen LogP contribution in [0.3, 0.4) is 0 Å². The van der Waals surface area contributed by atoms with E-state index in [4.69, 9.17) is 4.42 Å². The van der Waals surface area contributed by atoms with Gasteiger partial charge in [0.2, 0.25) is 0 Å². The molecule has 0 fully saturated rings. The van der Waals surface area contributed by atoms with E-state index in [9.17, 15) is 9.59 Å². The summed E-state index contributed by atoms with van der Waals surface area (Å²) in [5, 5.41) is 2.73. The molecular formula is C14H13NO3. The third kappa shape index (κ3) is 2.66. The highest BCUT2D eigenvalue weighted by molar-refractivity contribution is 6.04. The van der Waals surface area contributed by atoms with Crippen molar-refractivity contribution >= 4 is 17.4 Å². The summed E-state index contributed by atoms with van der Waals surface area (Å²) in [4.78, 5) is 22.9. The highest BCUT2D eigenvalue weighted by atomic mass is 16.3. The topological polar surface area (TPSA) is 59.3 Å². The van der Waals surface area contributed by atoms with E-state index in [2.05, 4.69) is 5.32 Å². The summed E-state index contributed by atoms with van der Waals surface area (Å²) < 4.78 is 5.07. The second-order valence-electron chi connectivity index (χ2n) is 4.03. The summed E-state index contributed by atoms with van der Waals surface area (Å²) in [7, 11) is 0. The predicted molar refractivity (Wildman–Crippen MR) is 67.8 cm³/mol. The van der Waals surface area contributed by atoms with Crippen molar-refractivity contribution in [2.45, 2.75) is 13.8 Å². The number of anilines is 1. The maximum Gasteiger partial charge on any atom is 0.258 e. The monoisotopic (exact) mass is 243 g/mol. The van der Waals surface area contributed by atoms with Gasteiger partial charge in [-0.05, 0) is 44.2 Å². The molecule has 2 aromatic rings. The Morgan fingerprint density at radius 2 is 1.78 bits per heavy atom. The van der Waals surface area contributed by atoms with Gasteiger partial charge >= 0.3 is 0 Å². The Morgan fingerprint density at radius 3 is 2.28 bits per heavy atom. The van der Waals surface area contributed by atoms with Crippen LogP contribution in [0.1, 0.15) is 33.4 Å². The smallest absolute Gasteiger partial charge is 0.258 e. The van der Waals surface area contributed by atoms with E-state index in [1.165, 1.54) is 13.2 Å². The molecule has 4 nitrogen and oxygen atoms in total. The van der Waals surface area contributed by atoms with E-state index < -0.39 is 0 Å². The number of aryl methyl sites for hydroxylation is 1. The molecule has 0 bridgehead atoms. The van der Waals surface area contributed by atoms with Crippen LogP contribution < -0.4 is 5.32 Å². The van der Waals surface area contributed by atoms with E-state index in [1.54, 1.807) is 37.3 Å². The third-order valence-corrected chi connectivity index (χ3v) is 2.54. The van der Waals surface area contributed by atoms with Crippen molar-refractivity contribution in [2.75, 3.05) is 5.32 Å². The van der Waals surface area contributed by atoms with E-state index in [-0.39, 0.29) is 11.7 Å². The molecule has 0 saturated heterocycles. The molecule has 0 atom stereocenters. The second-order valence-corrected chi connectivity index (χ2v) is 4.03. The van der Waals surface area contributed by atoms with Crippen LogP contribution in [0.15, 0.2) is 41.0 Å². The molecule has 0 spiro atoms. The number of hydrogen-bond acceptors (Lipinski definition) is 3. The Bertz CT molecular complexity index is 581. The molecule has 4 heteroatoms. The lowest BCUT2D eigenvalue weighted by Gasteiger charge is -2.03. The first-order valence-electron chi connectivity index (χ1n) is 5.54. The molecule has 0 unspecified atom stereocenters. The van der Waals surface area contributed by atoms with Crippen LogP contribution in [0.25, 0.3) is 0 Å². The van der Waals surface area contributed by atoms with Gasteiger partial charge in [0, 0.05) is 11.3 Å². The molecular weight excluding hydrogens is 230 g/mol. The number of ketones is 1. The van der Waals surface area contributed by atoms with Crippen molar-refractivity contribution in [1.82, 2.24) is 0 Å². The van der Waals surface area contributed by atoms with Crippen molar-refractivity contribution in [3.05, 3.63) is 53.5 Å². The normalized spacial score (nSPS) is 10.1. The van der Waals surface area contributed by atoms with Gasteiger partial charge in [0.05, 0.1) is 5.56 Å². The number of amides is 1. The number of carbonyl (C=O) groups is 2. The van der Waals surface area contributed by atoms with Crippen LogP contribution in [-0.2, 0) is 0 Å². The summed E-state index contributed by atoms with van der Waals surface area (Å²) in [5.74, 6) is 0.452. The molecule has 0 aliphatic heterocycles. The van der Waals surface area contributed by atoms with Crippen molar-refractivity contribution < 1.29 is 14.0 Å². The summed E-state index contributed by atoms with van der Waals surface area (Å²) in [6, 6.07) is 8.42. The van der Waals surface area contributed by atoms with Crippen LogP contribution >= 0.6 is 0 Å². The highest BCUT2D eigenvalue weighted by Crippen LogP contribution is 2.13. The van der Waals surface area contributed by atoms with Crippen molar-refractivity contribution in [3.8, 4) is 0 Å². The van der Waals surface area contributed by atoms with Crippen LogP contribution in [0.5, 0.6) is 0 Å².